The summed E-state index contributed by atoms with van der Waals surface area (Å²) in [7, 11) is -3.90. The number of hydrogen-bond acceptors (Lipinski definition) is 2. The molecule has 0 aliphatic heterocycles. The molecule has 0 bridgehead atoms. The first-order valence-electron chi connectivity index (χ1n) is 6.90. The third-order valence-electron chi connectivity index (χ3n) is 4.06. The highest BCUT2D eigenvalue weighted by atomic mass is 32.2. The highest BCUT2D eigenvalue weighted by molar-refractivity contribution is 7.89. The molecule has 20 heavy (non-hydrogen) atoms. The van der Waals surface area contributed by atoms with E-state index in [2.05, 4.69) is 0 Å². The molecule has 1 aromatic carbocycles. The van der Waals surface area contributed by atoms with Gasteiger partial charge in [0, 0.05) is 18.2 Å². The van der Waals surface area contributed by atoms with Crippen molar-refractivity contribution in [2.75, 3.05) is 0 Å². The van der Waals surface area contributed by atoms with E-state index in [9.17, 15) is 17.2 Å². The standard InChI is InChI=1S/C14H17F2NO2S/c1-9(10-2-3-10)17(12-5-6-12)20(18,19)14-7-4-11(15)8-13(14)16/h4,7-10,12H,2-3,5-6H2,1H3/t9-/m1/s1. The molecular formula is C14H17F2NO2S. The summed E-state index contributed by atoms with van der Waals surface area (Å²) in [5, 5.41) is 0. The van der Waals surface area contributed by atoms with E-state index < -0.39 is 26.6 Å². The molecule has 0 amide bonds. The van der Waals surface area contributed by atoms with Crippen molar-refractivity contribution in [3.63, 3.8) is 0 Å². The first-order chi connectivity index (χ1) is 9.41. The van der Waals surface area contributed by atoms with Crippen molar-refractivity contribution in [2.45, 2.75) is 49.6 Å². The van der Waals surface area contributed by atoms with E-state index in [1.54, 1.807) is 0 Å². The summed E-state index contributed by atoms with van der Waals surface area (Å²) < 4.78 is 53.6. The Morgan fingerprint density at radius 3 is 2.35 bits per heavy atom. The molecule has 110 valence electrons. The van der Waals surface area contributed by atoms with E-state index in [-0.39, 0.29) is 12.1 Å². The first-order valence-corrected chi connectivity index (χ1v) is 8.34. The van der Waals surface area contributed by atoms with Crippen LogP contribution in [0.3, 0.4) is 0 Å². The average Bonchev–Trinajstić information content (AvgIpc) is 3.22. The third-order valence-corrected chi connectivity index (χ3v) is 6.13. The summed E-state index contributed by atoms with van der Waals surface area (Å²) in [6.07, 6.45) is 3.68. The number of rotatable bonds is 5. The van der Waals surface area contributed by atoms with Gasteiger partial charge in [-0.1, -0.05) is 0 Å². The van der Waals surface area contributed by atoms with Crippen molar-refractivity contribution in [1.29, 1.82) is 0 Å². The molecule has 2 saturated carbocycles. The number of nitrogens with zero attached hydrogens (tertiary/aromatic N) is 1. The number of halogens is 2. The van der Waals surface area contributed by atoms with Gasteiger partial charge in [-0.2, -0.15) is 4.31 Å². The van der Waals surface area contributed by atoms with Crippen LogP contribution in [0.1, 0.15) is 32.6 Å². The van der Waals surface area contributed by atoms with E-state index in [0.717, 1.165) is 37.8 Å². The largest absolute Gasteiger partial charge is 0.246 e. The highest BCUT2D eigenvalue weighted by Crippen LogP contribution is 2.42. The molecule has 3 nitrogen and oxygen atoms in total. The van der Waals surface area contributed by atoms with Gasteiger partial charge in [-0.3, -0.25) is 0 Å². The van der Waals surface area contributed by atoms with Gasteiger partial charge < -0.3 is 0 Å². The molecule has 6 heteroatoms. The predicted octanol–water partition coefficient (Wildman–Crippen LogP) is 2.92. The molecule has 3 rings (SSSR count). The summed E-state index contributed by atoms with van der Waals surface area (Å²) in [5.41, 5.74) is 0. The Hall–Kier alpha value is -1.01. The SMILES string of the molecule is C[C@H](C1CC1)N(C1CC1)S(=O)(=O)c1ccc(F)cc1F. The minimum absolute atomic E-state index is 0.0277. The lowest BCUT2D eigenvalue weighted by atomic mass is 10.2. The second kappa shape index (κ2) is 4.77. The molecule has 1 atom stereocenters. The Balaban J connectivity index is 1.99. The van der Waals surface area contributed by atoms with Gasteiger partial charge in [0.15, 0.2) is 0 Å². The Morgan fingerprint density at radius 2 is 1.85 bits per heavy atom. The number of sulfonamides is 1. The third kappa shape index (κ3) is 2.46. The molecule has 0 radical (unpaired) electrons. The molecule has 0 saturated heterocycles. The van der Waals surface area contributed by atoms with Crippen LogP contribution in [0.25, 0.3) is 0 Å². The van der Waals surface area contributed by atoms with E-state index in [0.29, 0.717) is 12.0 Å². The minimum atomic E-state index is -3.90. The van der Waals surface area contributed by atoms with Crippen molar-refractivity contribution < 1.29 is 17.2 Å². The van der Waals surface area contributed by atoms with Crippen LogP contribution in [-0.4, -0.2) is 24.8 Å². The lowest BCUT2D eigenvalue weighted by molar-refractivity contribution is 0.300. The van der Waals surface area contributed by atoms with Gasteiger partial charge in [-0.05, 0) is 50.7 Å². The van der Waals surface area contributed by atoms with Crippen molar-refractivity contribution in [2.24, 2.45) is 5.92 Å². The van der Waals surface area contributed by atoms with E-state index in [1.807, 2.05) is 6.92 Å². The van der Waals surface area contributed by atoms with Crippen molar-refractivity contribution in [3.8, 4) is 0 Å². The van der Waals surface area contributed by atoms with Crippen LogP contribution < -0.4 is 0 Å². The molecule has 1 aromatic rings. The van der Waals surface area contributed by atoms with E-state index in [4.69, 9.17) is 0 Å². The van der Waals surface area contributed by atoms with Crippen molar-refractivity contribution in [1.82, 2.24) is 4.31 Å². The van der Waals surface area contributed by atoms with Gasteiger partial charge in [0.05, 0.1) is 0 Å². The zero-order chi connectivity index (χ0) is 14.5. The van der Waals surface area contributed by atoms with Crippen LogP contribution in [0.4, 0.5) is 8.78 Å². The van der Waals surface area contributed by atoms with Gasteiger partial charge >= 0.3 is 0 Å². The Labute approximate surface area is 117 Å². The lowest BCUT2D eigenvalue weighted by Gasteiger charge is -2.28. The molecule has 2 aliphatic carbocycles. The Morgan fingerprint density at radius 1 is 1.20 bits per heavy atom. The van der Waals surface area contributed by atoms with Crippen LogP contribution in [0, 0.1) is 17.6 Å². The van der Waals surface area contributed by atoms with Gasteiger partial charge in [-0.25, -0.2) is 17.2 Å². The normalized spacial score (nSPS) is 21.2. The van der Waals surface area contributed by atoms with Gasteiger partial charge in [0.1, 0.15) is 16.5 Å². The zero-order valence-corrected chi connectivity index (χ0v) is 12.0. The maximum Gasteiger partial charge on any atom is 0.246 e. The maximum atomic E-state index is 13.8. The zero-order valence-electron chi connectivity index (χ0n) is 11.2. The van der Waals surface area contributed by atoms with Gasteiger partial charge in [0.25, 0.3) is 0 Å². The molecule has 0 heterocycles. The average molecular weight is 301 g/mol. The monoisotopic (exact) mass is 301 g/mol. The Kier molecular flexibility index (Phi) is 3.33. The van der Waals surface area contributed by atoms with E-state index in [1.165, 1.54) is 4.31 Å². The quantitative estimate of drug-likeness (QED) is 0.838. The summed E-state index contributed by atoms with van der Waals surface area (Å²) in [6, 6.07) is 2.49. The van der Waals surface area contributed by atoms with Crippen LogP contribution in [0.15, 0.2) is 23.1 Å². The highest BCUT2D eigenvalue weighted by Gasteiger charge is 2.46. The summed E-state index contributed by atoms with van der Waals surface area (Å²) in [4.78, 5) is -0.418. The molecule has 2 fully saturated rings. The van der Waals surface area contributed by atoms with Crippen molar-refractivity contribution >= 4 is 10.0 Å². The molecule has 0 aromatic heterocycles. The van der Waals surface area contributed by atoms with Crippen molar-refractivity contribution in [3.05, 3.63) is 29.8 Å². The second-order valence-corrected chi connectivity index (χ2v) is 7.53. The topological polar surface area (TPSA) is 37.4 Å². The molecule has 0 N–H and O–H groups in total. The minimum Gasteiger partial charge on any atom is -0.207 e. The summed E-state index contributed by atoms with van der Waals surface area (Å²) in [6.45, 7) is 1.88. The van der Waals surface area contributed by atoms with Gasteiger partial charge in [0.2, 0.25) is 10.0 Å². The second-order valence-electron chi connectivity index (χ2n) is 5.72. The maximum absolute atomic E-state index is 13.8. The van der Waals surface area contributed by atoms with Crippen LogP contribution in [0.2, 0.25) is 0 Å². The van der Waals surface area contributed by atoms with E-state index >= 15 is 0 Å². The van der Waals surface area contributed by atoms with Crippen LogP contribution >= 0.6 is 0 Å². The fourth-order valence-electron chi connectivity index (χ4n) is 2.66. The molecule has 0 unspecified atom stereocenters. The number of benzene rings is 1. The molecule has 2 aliphatic rings. The van der Waals surface area contributed by atoms with Crippen LogP contribution in [0.5, 0.6) is 0 Å². The molecular weight excluding hydrogens is 284 g/mol. The van der Waals surface area contributed by atoms with Crippen LogP contribution in [-0.2, 0) is 10.0 Å². The lowest BCUT2D eigenvalue weighted by Crippen LogP contribution is -2.41. The number of hydrogen-bond donors (Lipinski definition) is 0. The fourth-order valence-corrected chi connectivity index (χ4v) is 4.65. The fraction of sp³-hybridized carbons (Fsp3) is 0.571. The smallest absolute Gasteiger partial charge is 0.207 e. The Bertz CT molecular complexity index is 624. The first kappa shape index (κ1) is 13.9. The predicted molar refractivity (Wildman–Crippen MR) is 70.6 cm³/mol. The summed E-state index contributed by atoms with van der Waals surface area (Å²) >= 11 is 0. The molecule has 0 spiro atoms. The summed E-state index contributed by atoms with van der Waals surface area (Å²) in [5.74, 6) is -1.41. The van der Waals surface area contributed by atoms with Gasteiger partial charge in [-0.15, -0.1) is 0 Å².